The maximum Gasteiger partial charge on any atom is 0.155 e. The number of hydrogen-bond acceptors (Lipinski definition) is 2. The lowest BCUT2D eigenvalue weighted by atomic mass is 10.1. The van der Waals surface area contributed by atoms with Crippen LogP contribution in [0.3, 0.4) is 0 Å². The van der Waals surface area contributed by atoms with Gasteiger partial charge in [0.2, 0.25) is 0 Å². The molecule has 12 heavy (non-hydrogen) atoms. The minimum absolute atomic E-state index is 0.0519. The standard InChI is InChI=1S/C10H16O2/c1-4-6-10(12)8(3)7-9(11)5-2/h4,6-7,10,12H,5H2,1-3H3/b6-4+,8-7-. The molecule has 68 valence electrons. The molecule has 0 aliphatic carbocycles. The molecular formula is C10H16O2. The molecule has 0 bridgehead atoms. The first-order valence-electron chi connectivity index (χ1n) is 4.13. The predicted octanol–water partition coefficient (Wildman–Crippen LogP) is 1.85. The first kappa shape index (κ1) is 11.1. The van der Waals surface area contributed by atoms with Gasteiger partial charge in [0.1, 0.15) is 0 Å². The summed E-state index contributed by atoms with van der Waals surface area (Å²) in [5, 5.41) is 9.35. The topological polar surface area (TPSA) is 37.3 Å². The number of allylic oxidation sites excluding steroid dienone is 2. The maximum atomic E-state index is 10.9. The number of carbonyl (C=O) groups is 1. The van der Waals surface area contributed by atoms with E-state index < -0.39 is 6.10 Å². The van der Waals surface area contributed by atoms with Gasteiger partial charge in [-0.25, -0.2) is 0 Å². The van der Waals surface area contributed by atoms with Gasteiger partial charge in [0, 0.05) is 6.42 Å². The van der Waals surface area contributed by atoms with Crippen LogP contribution >= 0.6 is 0 Å². The summed E-state index contributed by atoms with van der Waals surface area (Å²) in [7, 11) is 0. The van der Waals surface area contributed by atoms with Gasteiger partial charge in [-0.1, -0.05) is 19.1 Å². The van der Waals surface area contributed by atoms with E-state index in [1.54, 1.807) is 26.0 Å². The van der Waals surface area contributed by atoms with E-state index in [0.29, 0.717) is 12.0 Å². The summed E-state index contributed by atoms with van der Waals surface area (Å²) in [6.45, 7) is 5.38. The summed E-state index contributed by atoms with van der Waals surface area (Å²) in [6, 6.07) is 0. The second-order valence-electron chi connectivity index (χ2n) is 2.68. The molecule has 0 heterocycles. The Bertz CT molecular complexity index is 202. The van der Waals surface area contributed by atoms with Gasteiger partial charge in [-0.05, 0) is 25.5 Å². The molecule has 2 heteroatoms. The molecule has 0 aromatic rings. The van der Waals surface area contributed by atoms with Crippen LogP contribution < -0.4 is 0 Å². The Labute approximate surface area is 73.6 Å². The molecule has 1 atom stereocenters. The third kappa shape index (κ3) is 4.09. The van der Waals surface area contributed by atoms with Crippen LogP contribution in [0.2, 0.25) is 0 Å². The number of aliphatic hydroxyl groups excluding tert-OH is 1. The molecule has 2 nitrogen and oxygen atoms in total. The van der Waals surface area contributed by atoms with E-state index in [0.717, 1.165) is 0 Å². The van der Waals surface area contributed by atoms with E-state index in [4.69, 9.17) is 0 Å². The molecule has 0 amide bonds. The fourth-order valence-corrected chi connectivity index (χ4v) is 0.775. The normalized spacial score (nSPS) is 15.2. The van der Waals surface area contributed by atoms with Crippen LogP contribution in [0.4, 0.5) is 0 Å². The summed E-state index contributed by atoms with van der Waals surface area (Å²) in [5.74, 6) is 0.0519. The number of aliphatic hydroxyl groups is 1. The molecule has 0 radical (unpaired) electrons. The van der Waals surface area contributed by atoms with Crippen molar-refractivity contribution in [2.75, 3.05) is 0 Å². The highest BCUT2D eigenvalue weighted by atomic mass is 16.3. The Morgan fingerprint density at radius 2 is 2.17 bits per heavy atom. The van der Waals surface area contributed by atoms with Gasteiger partial charge in [0.05, 0.1) is 6.10 Å². The van der Waals surface area contributed by atoms with Crippen LogP contribution in [-0.4, -0.2) is 17.0 Å². The van der Waals surface area contributed by atoms with Crippen molar-refractivity contribution >= 4 is 5.78 Å². The SMILES string of the molecule is C/C=C/C(O)/C(C)=C\C(=O)CC. The molecular weight excluding hydrogens is 152 g/mol. The van der Waals surface area contributed by atoms with Crippen LogP contribution in [-0.2, 0) is 4.79 Å². The highest BCUT2D eigenvalue weighted by Crippen LogP contribution is 2.03. The molecule has 0 aromatic heterocycles. The Morgan fingerprint density at radius 1 is 1.58 bits per heavy atom. The van der Waals surface area contributed by atoms with Gasteiger partial charge in [-0.3, -0.25) is 4.79 Å². The smallest absolute Gasteiger partial charge is 0.155 e. The van der Waals surface area contributed by atoms with E-state index in [2.05, 4.69) is 0 Å². The van der Waals surface area contributed by atoms with Crippen molar-refractivity contribution in [2.24, 2.45) is 0 Å². The van der Waals surface area contributed by atoms with E-state index in [1.807, 2.05) is 6.92 Å². The third-order valence-electron chi connectivity index (χ3n) is 1.58. The molecule has 0 rings (SSSR count). The van der Waals surface area contributed by atoms with Gasteiger partial charge >= 0.3 is 0 Å². The van der Waals surface area contributed by atoms with Crippen molar-refractivity contribution in [3.8, 4) is 0 Å². The van der Waals surface area contributed by atoms with E-state index in [1.165, 1.54) is 6.08 Å². The van der Waals surface area contributed by atoms with Crippen LogP contribution in [0.1, 0.15) is 27.2 Å². The Morgan fingerprint density at radius 3 is 2.58 bits per heavy atom. The fraction of sp³-hybridized carbons (Fsp3) is 0.500. The van der Waals surface area contributed by atoms with E-state index >= 15 is 0 Å². The van der Waals surface area contributed by atoms with Gasteiger partial charge in [0.15, 0.2) is 5.78 Å². The molecule has 0 saturated heterocycles. The Balaban J connectivity index is 4.26. The summed E-state index contributed by atoms with van der Waals surface area (Å²) in [6.07, 6.45) is 4.77. The average Bonchev–Trinajstić information content (AvgIpc) is 2.04. The van der Waals surface area contributed by atoms with E-state index in [9.17, 15) is 9.90 Å². The molecule has 0 aromatic carbocycles. The third-order valence-corrected chi connectivity index (χ3v) is 1.58. The highest BCUT2D eigenvalue weighted by molar-refractivity contribution is 5.90. The second-order valence-corrected chi connectivity index (χ2v) is 2.68. The van der Waals surface area contributed by atoms with E-state index in [-0.39, 0.29) is 5.78 Å². The van der Waals surface area contributed by atoms with Crippen molar-refractivity contribution in [1.29, 1.82) is 0 Å². The van der Waals surface area contributed by atoms with Crippen molar-refractivity contribution in [1.82, 2.24) is 0 Å². The van der Waals surface area contributed by atoms with Gasteiger partial charge in [0.25, 0.3) is 0 Å². The molecule has 1 unspecified atom stereocenters. The van der Waals surface area contributed by atoms with Crippen molar-refractivity contribution in [3.63, 3.8) is 0 Å². The number of ketones is 1. The van der Waals surface area contributed by atoms with Crippen molar-refractivity contribution in [3.05, 3.63) is 23.8 Å². The van der Waals surface area contributed by atoms with Crippen LogP contribution in [0.5, 0.6) is 0 Å². The zero-order chi connectivity index (χ0) is 9.56. The monoisotopic (exact) mass is 168 g/mol. The van der Waals surface area contributed by atoms with Crippen LogP contribution in [0.15, 0.2) is 23.8 Å². The predicted molar refractivity (Wildman–Crippen MR) is 49.9 cm³/mol. The van der Waals surface area contributed by atoms with Crippen LogP contribution in [0.25, 0.3) is 0 Å². The lowest BCUT2D eigenvalue weighted by molar-refractivity contribution is -0.114. The van der Waals surface area contributed by atoms with Crippen LogP contribution in [0, 0.1) is 0 Å². The Hall–Kier alpha value is -0.890. The first-order valence-corrected chi connectivity index (χ1v) is 4.13. The number of hydrogen-bond donors (Lipinski definition) is 1. The van der Waals surface area contributed by atoms with Gasteiger partial charge < -0.3 is 5.11 Å². The zero-order valence-electron chi connectivity index (χ0n) is 7.87. The number of carbonyl (C=O) groups excluding carboxylic acids is 1. The summed E-state index contributed by atoms with van der Waals surface area (Å²) in [5.41, 5.74) is 0.694. The second kappa shape index (κ2) is 5.72. The zero-order valence-corrected chi connectivity index (χ0v) is 7.87. The molecule has 1 N–H and O–H groups in total. The summed E-state index contributed by atoms with van der Waals surface area (Å²) in [4.78, 5) is 10.9. The molecule has 0 spiro atoms. The summed E-state index contributed by atoms with van der Waals surface area (Å²) < 4.78 is 0. The van der Waals surface area contributed by atoms with Gasteiger partial charge in [-0.15, -0.1) is 0 Å². The lowest BCUT2D eigenvalue weighted by Crippen LogP contribution is -2.05. The maximum absolute atomic E-state index is 10.9. The number of rotatable bonds is 4. The molecule has 0 saturated carbocycles. The fourth-order valence-electron chi connectivity index (χ4n) is 0.775. The first-order chi connectivity index (χ1) is 5.61. The molecule has 0 fully saturated rings. The van der Waals surface area contributed by atoms with Gasteiger partial charge in [-0.2, -0.15) is 0 Å². The van der Waals surface area contributed by atoms with Crippen molar-refractivity contribution in [2.45, 2.75) is 33.3 Å². The lowest BCUT2D eigenvalue weighted by Gasteiger charge is -2.04. The minimum atomic E-state index is -0.620. The summed E-state index contributed by atoms with van der Waals surface area (Å²) >= 11 is 0. The Kier molecular flexibility index (Phi) is 5.30. The molecule has 0 aliphatic rings. The largest absolute Gasteiger partial charge is 0.385 e. The molecule has 0 aliphatic heterocycles. The highest BCUT2D eigenvalue weighted by Gasteiger charge is 2.02. The minimum Gasteiger partial charge on any atom is -0.385 e. The average molecular weight is 168 g/mol. The van der Waals surface area contributed by atoms with Crippen molar-refractivity contribution < 1.29 is 9.90 Å². The quantitative estimate of drug-likeness (QED) is 0.514.